The Kier molecular flexibility index (Phi) is 3.94. The fraction of sp³-hybridized carbons (Fsp3) is 0.167. The van der Waals surface area contributed by atoms with Gasteiger partial charge in [0, 0.05) is 5.41 Å². The van der Waals surface area contributed by atoms with Gasteiger partial charge < -0.3 is 15.7 Å². The summed E-state index contributed by atoms with van der Waals surface area (Å²) in [5.74, 6) is -2.33. The number of carboxylic acid groups (broad SMARTS) is 1. The summed E-state index contributed by atoms with van der Waals surface area (Å²) in [6.07, 6.45) is 1.30. The van der Waals surface area contributed by atoms with Gasteiger partial charge in [0.25, 0.3) is 0 Å². The van der Waals surface area contributed by atoms with E-state index in [1.54, 1.807) is 0 Å². The number of carboxylic acids is 1. The predicted octanol–water partition coefficient (Wildman–Crippen LogP) is 0.956. The molecule has 9 heteroatoms. The number of hydrogen-bond donors (Lipinski definition) is 3. The van der Waals surface area contributed by atoms with E-state index in [-0.39, 0.29) is 17.0 Å². The first-order valence-corrected chi connectivity index (χ1v) is 7.50. The van der Waals surface area contributed by atoms with Gasteiger partial charge in [-0.3, -0.25) is 0 Å². The van der Waals surface area contributed by atoms with Crippen LogP contribution in [-0.2, 0) is 9.84 Å². The number of halogens is 1. The third-order valence-electron chi connectivity index (χ3n) is 2.71. The number of rotatable bonds is 3. The maximum Gasteiger partial charge on any atom is 0.335 e. The maximum atomic E-state index is 13.5. The normalized spacial score (nSPS) is 19.2. The molecule has 0 fully saturated rings. The second-order valence-electron chi connectivity index (χ2n) is 4.36. The van der Waals surface area contributed by atoms with E-state index in [9.17, 15) is 22.4 Å². The molecule has 2 amide bonds. The summed E-state index contributed by atoms with van der Waals surface area (Å²) in [6.45, 7) is 0. The molecule has 0 saturated heterocycles. The second kappa shape index (κ2) is 5.52. The van der Waals surface area contributed by atoms with Crippen molar-refractivity contribution in [1.29, 1.82) is 0 Å². The Morgan fingerprint density at radius 1 is 1.33 bits per heavy atom. The van der Waals surface area contributed by atoms with Crippen LogP contribution in [-0.4, -0.2) is 37.3 Å². The number of amides is 2. The highest BCUT2D eigenvalue weighted by molar-refractivity contribution is 7.94. The minimum atomic E-state index is -3.31. The van der Waals surface area contributed by atoms with Crippen LogP contribution >= 0.6 is 0 Å². The van der Waals surface area contributed by atoms with Gasteiger partial charge in [-0.2, -0.15) is 0 Å². The zero-order valence-corrected chi connectivity index (χ0v) is 11.4. The van der Waals surface area contributed by atoms with Crippen LogP contribution < -0.4 is 10.6 Å². The first kappa shape index (κ1) is 15.0. The molecule has 1 aromatic carbocycles. The van der Waals surface area contributed by atoms with Crippen molar-refractivity contribution in [2.24, 2.45) is 0 Å². The molecule has 3 N–H and O–H groups in total. The summed E-state index contributed by atoms with van der Waals surface area (Å²) in [5.41, 5.74) is -0.493. The van der Waals surface area contributed by atoms with Crippen LogP contribution in [0, 0.1) is 5.82 Å². The Bertz CT molecular complexity index is 729. The van der Waals surface area contributed by atoms with Crippen molar-refractivity contribution in [3.8, 4) is 0 Å². The van der Waals surface area contributed by atoms with E-state index in [1.807, 2.05) is 0 Å². The van der Waals surface area contributed by atoms with E-state index in [1.165, 1.54) is 6.08 Å². The van der Waals surface area contributed by atoms with Crippen LogP contribution in [0.2, 0.25) is 0 Å². The third-order valence-corrected chi connectivity index (χ3v) is 4.10. The van der Waals surface area contributed by atoms with Crippen LogP contribution in [0.5, 0.6) is 0 Å². The van der Waals surface area contributed by atoms with Gasteiger partial charge in [-0.25, -0.2) is 22.4 Å². The Balaban J connectivity index is 2.05. The molecule has 21 heavy (non-hydrogen) atoms. The second-order valence-corrected chi connectivity index (χ2v) is 6.29. The lowest BCUT2D eigenvalue weighted by molar-refractivity contribution is 0.0697. The van der Waals surface area contributed by atoms with Gasteiger partial charge >= 0.3 is 12.0 Å². The molecule has 0 saturated carbocycles. The summed E-state index contributed by atoms with van der Waals surface area (Å²) in [4.78, 5) is 22.4. The zero-order chi connectivity index (χ0) is 15.6. The molecule has 1 aliphatic rings. The highest BCUT2D eigenvalue weighted by Crippen LogP contribution is 2.16. The Hall–Kier alpha value is -2.42. The molecule has 1 atom stereocenters. The fourth-order valence-electron chi connectivity index (χ4n) is 1.75. The Labute approximate surface area is 119 Å². The van der Waals surface area contributed by atoms with Crippen molar-refractivity contribution in [3.63, 3.8) is 0 Å². The smallest absolute Gasteiger partial charge is 0.335 e. The summed E-state index contributed by atoms with van der Waals surface area (Å²) in [6, 6.07) is 1.41. The number of aromatic carboxylic acids is 1. The van der Waals surface area contributed by atoms with Crippen molar-refractivity contribution in [3.05, 3.63) is 41.1 Å². The summed E-state index contributed by atoms with van der Waals surface area (Å²) < 4.78 is 35.8. The van der Waals surface area contributed by atoms with E-state index in [0.29, 0.717) is 0 Å². The van der Waals surface area contributed by atoms with Gasteiger partial charge in [-0.15, -0.1) is 0 Å². The van der Waals surface area contributed by atoms with Crippen molar-refractivity contribution in [2.45, 2.75) is 6.04 Å². The van der Waals surface area contributed by atoms with Crippen LogP contribution in [0.3, 0.4) is 0 Å². The summed E-state index contributed by atoms with van der Waals surface area (Å²) in [7, 11) is -3.31. The first-order chi connectivity index (χ1) is 9.77. The van der Waals surface area contributed by atoms with Crippen molar-refractivity contribution < 1.29 is 27.5 Å². The van der Waals surface area contributed by atoms with Gasteiger partial charge in [-0.05, 0) is 24.3 Å². The number of benzene rings is 1. The molecule has 2 rings (SSSR count). The number of hydrogen-bond acceptors (Lipinski definition) is 4. The zero-order valence-electron chi connectivity index (χ0n) is 10.5. The summed E-state index contributed by atoms with van der Waals surface area (Å²) >= 11 is 0. The average Bonchev–Trinajstić information content (AvgIpc) is 2.71. The molecule has 112 valence electrons. The Morgan fingerprint density at radius 2 is 2.05 bits per heavy atom. The van der Waals surface area contributed by atoms with Crippen LogP contribution in [0.25, 0.3) is 0 Å². The van der Waals surface area contributed by atoms with E-state index >= 15 is 0 Å². The molecule has 0 radical (unpaired) electrons. The number of urea groups is 1. The summed E-state index contributed by atoms with van der Waals surface area (Å²) in [5, 5.41) is 14.3. The van der Waals surface area contributed by atoms with Crippen molar-refractivity contribution in [1.82, 2.24) is 5.32 Å². The van der Waals surface area contributed by atoms with Gasteiger partial charge in [0.2, 0.25) is 0 Å². The fourth-order valence-corrected chi connectivity index (χ4v) is 2.98. The molecular formula is C12H11FN2O5S. The quantitative estimate of drug-likeness (QED) is 0.769. The molecule has 1 aliphatic heterocycles. The molecule has 0 aromatic heterocycles. The predicted molar refractivity (Wildman–Crippen MR) is 72.2 cm³/mol. The highest BCUT2D eigenvalue weighted by Gasteiger charge is 2.23. The van der Waals surface area contributed by atoms with Gasteiger partial charge in [0.1, 0.15) is 5.82 Å². The lowest BCUT2D eigenvalue weighted by Gasteiger charge is -2.12. The molecule has 1 unspecified atom stereocenters. The molecule has 0 bridgehead atoms. The molecule has 0 spiro atoms. The highest BCUT2D eigenvalue weighted by atomic mass is 32.2. The van der Waals surface area contributed by atoms with E-state index in [2.05, 4.69) is 10.6 Å². The number of carbonyl (C=O) groups excluding carboxylic acids is 1. The van der Waals surface area contributed by atoms with Crippen molar-refractivity contribution in [2.75, 3.05) is 11.1 Å². The van der Waals surface area contributed by atoms with Gasteiger partial charge in [-0.1, -0.05) is 0 Å². The Morgan fingerprint density at radius 3 is 2.62 bits per heavy atom. The third kappa shape index (κ3) is 3.78. The first-order valence-electron chi connectivity index (χ1n) is 5.78. The van der Waals surface area contributed by atoms with Gasteiger partial charge in [0.05, 0.1) is 23.0 Å². The topological polar surface area (TPSA) is 113 Å². The lowest BCUT2D eigenvalue weighted by Crippen LogP contribution is -2.38. The van der Waals surface area contributed by atoms with E-state index in [4.69, 9.17) is 5.11 Å². The van der Waals surface area contributed by atoms with Crippen LogP contribution in [0.4, 0.5) is 14.9 Å². The van der Waals surface area contributed by atoms with Crippen LogP contribution in [0.15, 0.2) is 29.7 Å². The molecular weight excluding hydrogens is 303 g/mol. The number of anilines is 1. The number of carbonyl (C=O) groups is 2. The van der Waals surface area contributed by atoms with Gasteiger partial charge in [0.15, 0.2) is 9.84 Å². The minimum absolute atomic E-state index is 0.185. The molecule has 0 aliphatic carbocycles. The van der Waals surface area contributed by atoms with Crippen molar-refractivity contribution >= 4 is 27.5 Å². The largest absolute Gasteiger partial charge is 0.478 e. The average molecular weight is 314 g/mol. The van der Waals surface area contributed by atoms with E-state index < -0.39 is 33.7 Å². The molecule has 1 heterocycles. The number of sulfone groups is 1. The van der Waals surface area contributed by atoms with Crippen LogP contribution in [0.1, 0.15) is 10.4 Å². The molecule has 1 aromatic rings. The minimum Gasteiger partial charge on any atom is -0.478 e. The lowest BCUT2D eigenvalue weighted by atomic mass is 10.2. The SMILES string of the molecule is O=C(Nc1cc(C(=O)O)ccc1F)NC1C=CS(=O)(=O)C1. The number of nitrogens with one attached hydrogen (secondary N) is 2. The van der Waals surface area contributed by atoms with E-state index in [0.717, 1.165) is 23.6 Å². The standard InChI is InChI=1S/C12H11FN2O5S/c13-9-2-1-7(11(16)17)5-10(9)15-12(18)14-8-3-4-21(19,20)6-8/h1-5,8H,6H2,(H,16,17)(H2,14,15,18). The molecule has 7 nitrogen and oxygen atoms in total. The monoisotopic (exact) mass is 314 g/mol. The maximum absolute atomic E-state index is 13.5.